The zero-order valence-electron chi connectivity index (χ0n) is 12.2. The molecule has 0 radical (unpaired) electrons. The first kappa shape index (κ1) is 15.0. The van der Waals surface area contributed by atoms with Crippen LogP contribution in [0.4, 0.5) is 5.69 Å². The summed E-state index contributed by atoms with van der Waals surface area (Å²) in [6.07, 6.45) is 5.25. The van der Waals surface area contributed by atoms with Gasteiger partial charge in [0.05, 0.1) is 0 Å². The van der Waals surface area contributed by atoms with Crippen LogP contribution in [0.15, 0.2) is 53.3 Å². The molecule has 0 bridgehead atoms. The van der Waals surface area contributed by atoms with Gasteiger partial charge >= 0.3 is 0 Å². The quantitative estimate of drug-likeness (QED) is 0.910. The number of carbonyl (C=O) groups is 1. The number of likely N-dealkylation sites (tertiary alicyclic amines) is 1. The highest BCUT2D eigenvalue weighted by Gasteiger charge is 2.23. The lowest BCUT2D eigenvalue weighted by Gasteiger charge is -2.33. The van der Waals surface area contributed by atoms with Crippen LogP contribution in [-0.4, -0.2) is 34.9 Å². The fourth-order valence-electron chi connectivity index (χ4n) is 2.72. The lowest BCUT2D eigenvalue weighted by Crippen LogP contribution is -2.42. The molecule has 0 aliphatic carbocycles. The fourth-order valence-corrected chi connectivity index (χ4v) is 3.12. The van der Waals surface area contributed by atoms with Gasteiger partial charge in [-0.3, -0.25) is 9.78 Å². The van der Waals surface area contributed by atoms with Crippen LogP contribution >= 0.6 is 15.9 Å². The van der Waals surface area contributed by atoms with E-state index in [1.807, 2.05) is 17.0 Å². The summed E-state index contributed by atoms with van der Waals surface area (Å²) < 4.78 is 1.07. The zero-order chi connectivity index (χ0) is 15.4. The minimum Gasteiger partial charge on any atom is -0.382 e. The Bertz CT molecular complexity index is 639. The Morgan fingerprint density at radius 1 is 1.18 bits per heavy atom. The molecule has 4 nitrogen and oxygen atoms in total. The summed E-state index contributed by atoms with van der Waals surface area (Å²) in [7, 11) is 0. The number of carbonyl (C=O) groups excluding carboxylic acids is 1. The van der Waals surface area contributed by atoms with Crippen molar-refractivity contribution in [2.45, 2.75) is 18.9 Å². The third-order valence-corrected chi connectivity index (χ3v) is 4.40. The second kappa shape index (κ2) is 6.92. The van der Waals surface area contributed by atoms with Crippen LogP contribution < -0.4 is 5.32 Å². The number of piperidine rings is 1. The highest BCUT2D eigenvalue weighted by Crippen LogP contribution is 2.20. The van der Waals surface area contributed by atoms with Gasteiger partial charge in [0.15, 0.2) is 0 Å². The lowest BCUT2D eigenvalue weighted by atomic mass is 10.0. The molecule has 1 saturated heterocycles. The van der Waals surface area contributed by atoms with Gasteiger partial charge in [-0.05, 0) is 43.2 Å². The van der Waals surface area contributed by atoms with E-state index in [0.717, 1.165) is 36.1 Å². The number of amides is 1. The van der Waals surface area contributed by atoms with Gasteiger partial charge in [-0.15, -0.1) is 0 Å². The largest absolute Gasteiger partial charge is 0.382 e. The number of nitrogens with one attached hydrogen (secondary N) is 1. The first-order valence-electron chi connectivity index (χ1n) is 7.44. The van der Waals surface area contributed by atoms with Gasteiger partial charge in [-0.2, -0.15) is 0 Å². The molecule has 1 amide bonds. The van der Waals surface area contributed by atoms with E-state index in [9.17, 15) is 4.79 Å². The number of hydrogen-bond acceptors (Lipinski definition) is 3. The Hall–Kier alpha value is -1.88. The molecule has 1 aliphatic rings. The Morgan fingerprint density at radius 3 is 2.59 bits per heavy atom. The molecule has 0 atom stereocenters. The van der Waals surface area contributed by atoms with Gasteiger partial charge in [0.1, 0.15) is 0 Å². The van der Waals surface area contributed by atoms with Gasteiger partial charge in [0.2, 0.25) is 0 Å². The van der Waals surface area contributed by atoms with Crippen LogP contribution in [0.2, 0.25) is 0 Å². The topological polar surface area (TPSA) is 45.2 Å². The summed E-state index contributed by atoms with van der Waals surface area (Å²) in [5.74, 6) is 0.100. The number of aromatic nitrogens is 1. The van der Waals surface area contributed by atoms with Crippen LogP contribution in [0, 0.1) is 0 Å². The average Bonchev–Trinajstić information content (AvgIpc) is 2.56. The molecule has 1 N–H and O–H groups in total. The van der Waals surface area contributed by atoms with Crippen molar-refractivity contribution in [1.82, 2.24) is 9.88 Å². The van der Waals surface area contributed by atoms with Crippen molar-refractivity contribution in [2.24, 2.45) is 0 Å². The lowest BCUT2D eigenvalue weighted by molar-refractivity contribution is 0.0718. The number of rotatable bonds is 3. The smallest absolute Gasteiger partial charge is 0.253 e. The van der Waals surface area contributed by atoms with E-state index >= 15 is 0 Å². The predicted octanol–water partition coefficient (Wildman–Crippen LogP) is 3.56. The highest BCUT2D eigenvalue weighted by molar-refractivity contribution is 9.10. The van der Waals surface area contributed by atoms with Crippen LogP contribution in [0.3, 0.4) is 0 Å². The normalized spacial score (nSPS) is 15.6. The predicted molar refractivity (Wildman–Crippen MR) is 90.9 cm³/mol. The summed E-state index contributed by atoms with van der Waals surface area (Å²) in [6.45, 7) is 1.57. The van der Waals surface area contributed by atoms with Crippen LogP contribution in [0.5, 0.6) is 0 Å². The van der Waals surface area contributed by atoms with Gasteiger partial charge < -0.3 is 10.2 Å². The molecular formula is C17H18BrN3O. The summed E-state index contributed by atoms with van der Waals surface area (Å²) in [5.41, 5.74) is 1.83. The molecule has 0 saturated carbocycles. The van der Waals surface area contributed by atoms with Gasteiger partial charge in [-0.1, -0.05) is 22.0 Å². The third kappa shape index (κ3) is 3.65. The molecule has 2 aromatic rings. The van der Waals surface area contributed by atoms with Crippen LogP contribution in [-0.2, 0) is 0 Å². The second-order valence-corrected chi connectivity index (χ2v) is 6.37. The van der Waals surface area contributed by atoms with E-state index in [-0.39, 0.29) is 5.91 Å². The van der Waals surface area contributed by atoms with E-state index < -0.39 is 0 Å². The van der Waals surface area contributed by atoms with Crippen LogP contribution in [0.1, 0.15) is 23.2 Å². The third-order valence-electron chi connectivity index (χ3n) is 3.90. The number of anilines is 1. The van der Waals surface area contributed by atoms with E-state index in [4.69, 9.17) is 0 Å². The number of halogens is 1. The molecule has 5 heteroatoms. The molecule has 114 valence electrons. The monoisotopic (exact) mass is 359 g/mol. The van der Waals surface area contributed by atoms with Crippen LogP contribution in [0.25, 0.3) is 0 Å². The molecule has 0 unspecified atom stereocenters. The number of nitrogens with zero attached hydrogens (tertiary/aromatic N) is 2. The van der Waals surface area contributed by atoms with Crippen molar-refractivity contribution in [3.05, 3.63) is 58.8 Å². The standard InChI is InChI=1S/C17H18BrN3O/c18-14-2-1-3-16(12-14)20-15-6-10-21(11-7-15)17(22)13-4-8-19-9-5-13/h1-5,8-9,12,15,20H,6-7,10-11H2. The SMILES string of the molecule is O=C(c1ccncc1)N1CCC(Nc2cccc(Br)c2)CC1. The summed E-state index contributed by atoms with van der Waals surface area (Å²) in [5, 5.41) is 3.54. The number of hydrogen-bond donors (Lipinski definition) is 1. The highest BCUT2D eigenvalue weighted by atomic mass is 79.9. The first-order valence-corrected chi connectivity index (χ1v) is 8.23. The fraction of sp³-hybridized carbons (Fsp3) is 0.294. The Labute approximate surface area is 138 Å². The van der Waals surface area contributed by atoms with Crippen molar-refractivity contribution in [3.8, 4) is 0 Å². The summed E-state index contributed by atoms with van der Waals surface area (Å²) in [6, 6.07) is 12.1. The average molecular weight is 360 g/mol. The minimum atomic E-state index is 0.100. The van der Waals surface area contributed by atoms with Crippen molar-refractivity contribution in [3.63, 3.8) is 0 Å². The molecule has 0 spiro atoms. The maximum absolute atomic E-state index is 12.4. The molecule has 2 heterocycles. The molecule has 1 aromatic carbocycles. The summed E-state index contributed by atoms with van der Waals surface area (Å²) in [4.78, 5) is 18.3. The second-order valence-electron chi connectivity index (χ2n) is 5.46. The van der Waals surface area contributed by atoms with Gasteiger partial charge in [0, 0.05) is 47.2 Å². The molecule has 1 aromatic heterocycles. The summed E-state index contributed by atoms with van der Waals surface area (Å²) >= 11 is 3.48. The van der Waals surface area contributed by atoms with Gasteiger partial charge in [0.25, 0.3) is 5.91 Å². The van der Waals surface area contributed by atoms with Crippen molar-refractivity contribution >= 4 is 27.5 Å². The first-order chi connectivity index (χ1) is 10.7. The number of pyridine rings is 1. The number of benzene rings is 1. The Balaban J connectivity index is 1.55. The molecular weight excluding hydrogens is 342 g/mol. The Morgan fingerprint density at radius 2 is 1.91 bits per heavy atom. The van der Waals surface area contributed by atoms with E-state index in [0.29, 0.717) is 11.6 Å². The van der Waals surface area contributed by atoms with E-state index in [2.05, 4.69) is 38.4 Å². The molecule has 1 fully saturated rings. The van der Waals surface area contributed by atoms with Crippen molar-refractivity contribution < 1.29 is 4.79 Å². The molecule has 3 rings (SSSR count). The maximum atomic E-state index is 12.4. The van der Waals surface area contributed by atoms with E-state index in [1.165, 1.54) is 0 Å². The van der Waals surface area contributed by atoms with Gasteiger partial charge in [-0.25, -0.2) is 0 Å². The minimum absolute atomic E-state index is 0.100. The molecule has 1 aliphatic heterocycles. The van der Waals surface area contributed by atoms with Crippen molar-refractivity contribution in [1.29, 1.82) is 0 Å². The Kier molecular flexibility index (Phi) is 4.73. The van der Waals surface area contributed by atoms with Crippen molar-refractivity contribution in [2.75, 3.05) is 18.4 Å². The zero-order valence-corrected chi connectivity index (χ0v) is 13.8. The maximum Gasteiger partial charge on any atom is 0.253 e. The van der Waals surface area contributed by atoms with E-state index in [1.54, 1.807) is 24.5 Å². The molecule has 22 heavy (non-hydrogen) atoms.